The van der Waals surface area contributed by atoms with E-state index in [-0.39, 0.29) is 5.91 Å². The molecule has 1 aliphatic carbocycles. The Kier molecular flexibility index (Phi) is 4.36. The molecule has 1 aliphatic rings. The molecule has 1 rings (SSSR count). The second-order valence-electron chi connectivity index (χ2n) is 5.92. The van der Waals surface area contributed by atoms with Gasteiger partial charge >= 0.3 is 0 Å². The van der Waals surface area contributed by atoms with Gasteiger partial charge in [0.05, 0.1) is 5.60 Å². The monoisotopic (exact) mass is 227 g/mol. The van der Waals surface area contributed by atoms with Crippen molar-refractivity contribution in [3.63, 3.8) is 0 Å². The second kappa shape index (κ2) is 5.17. The second-order valence-corrected chi connectivity index (χ2v) is 5.92. The molecule has 1 amide bonds. The van der Waals surface area contributed by atoms with Gasteiger partial charge in [0.15, 0.2) is 0 Å². The molecule has 16 heavy (non-hydrogen) atoms. The first-order chi connectivity index (χ1) is 7.37. The van der Waals surface area contributed by atoms with Gasteiger partial charge in [-0.25, -0.2) is 0 Å². The average molecular weight is 227 g/mol. The van der Waals surface area contributed by atoms with Crippen molar-refractivity contribution in [3.8, 4) is 0 Å². The van der Waals surface area contributed by atoms with E-state index in [9.17, 15) is 9.90 Å². The summed E-state index contributed by atoms with van der Waals surface area (Å²) < 4.78 is 0. The van der Waals surface area contributed by atoms with Crippen LogP contribution in [0.25, 0.3) is 0 Å². The topological polar surface area (TPSA) is 49.3 Å². The van der Waals surface area contributed by atoms with Crippen LogP contribution in [0.5, 0.6) is 0 Å². The number of nitrogens with one attached hydrogen (secondary N) is 1. The molecule has 0 bridgehead atoms. The molecule has 0 atom stereocenters. The molecule has 0 aromatic carbocycles. The van der Waals surface area contributed by atoms with Gasteiger partial charge in [-0.05, 0) is 37.5 Å². The zero-order valence-corrected chi connectivity index (χ0v) is 10.8. The summed E-state index contributed by atoms with van der Waals surface area (Å²) in [4.78, 5) is 11.3. The Bertz CT molecular complexity index is 238. The van der Waals surface area contributed by atoms with Crippen LogP contribution in [0.15, 0.2) is 0 Å². The molecule has 0 saturated heterocycles. The van der Waals surface area contributed by atoms with E-state index < -0.39 is 5.60 Å². The van der Waals surface area contributed by atoms with Crippen molar-refractivity contribution in [1.29, 1.82) is 0 Å². The van der Waals surface area contributed by atoms with Crippen molar-refractivity contribution in [3.05, 3.63) is 0 Å². The molecule has 0 aromatic heterocycles. The highest BCUT2D eigenvalue weighted by atomic mass is 16.3. The number of hydrogen-bond acceptors (Lipinski definition) is 2. The van der Waals surface area contributed by atoms with E-state index in [2.05, 4.69) is 19.2 Å². The summed E-state index contributed by atoms with van der Waals surface area (Å²) in [6.07, 6.45) is 5.08. The summed E-state index contributed by atoms with van der Waals surface area (Å²) in [5.74, 6) is 0.0563. The third kappa shape index (κ3) is 4.12. The van der Waals surface area contributed by atoms with Gasteiger partial charge in [0.1, 0.15) is 0 Å². The molecule has 3 nitrogen and oxygen atoms in total. The smallest absolute Gasteiger partial charge is 0.220 e. The van der Waals surface area contributed by atoms with E-state index in [1.807, 2.05) is 6.92 Å². The lowest BCUT2D eigenvalue weighted by molar-refractivity contribution is -0.123. The summed E-state index contributed by atoms with van der Waals surface area (Å²) in [6.45, 7) is 6.88. The van der Waals surface area contributed by atoms with Crippen LogP contribution in [0.1, 0.15) is 59.3 Å². The van der Waals surface area contributed by atoms with E-state index >= 15 is 0 Å². The van der Waals surface area contributed by atoms with Crippen LogP contribution in [0.3, 0.4) is 0 Å². The molecule has 1 fully saturated rings. The fourth-order valence-electron chi connectivity index (χ4n) is 2.15. The number of hydrogen-bond donors (Lipinski definition) is 2. The quantitative estimate of drug-likeness (QED) is 0.774. The largest absolute Gasteiger partial charge is 0.388 e. The fraction of sp³-hybridized carbons (Fsp3) is 0.923. The summed E-state index contributed by atoms with van der Waals surface area (Å²) >= 11 is 0. The zero-order valence-electron chi connectivity index (χ0n) is 10.8. The SMILES string of the molecule is CCCC(=O)NCC1(O)CCC(C)(C)CC1. The minimum Gasteiger partial charge on any atom is -0.388 e. The molecular formula is C13H25NO2. The van der Waals surface area contributed by atoms with E-state index in [1.54, 1.807) is 0 Å². The zero-order chi connectivity index (χ0) is 12.2. The van der Waals surface area contributed by atoms with Gasteiger partial charge in [-0.15, -0.1) is 0 Å². The number of carbonyl (C=O) groups is 1. The lowest BCUT2D eigenvalue weighted by Gasteiger charge is -2.40. The lowest BCUT2D eigenvalue weighted by Crippen LogP contribution is -2.46. The van der Waals surface area contributed by atoms with Gasteiger partial charge in [0.2, 0.25) is 5.91 Å². The number of rotatable bonds is 4. The Morgan fingerprint density at radius 1 is 1.25 bits per heavy atom. The predicted octanol–water partition coefficient (Wildman–Crippen LogP) is 2.23. The summed E-state index contributed by atoms with van der Waals surface area (Å²) in [7, 11) is 0. The van der Waals surface area contributed by atoms with Gasteiger partial charge in [0, 0.05) is 13.0 Å². The van der Waals surface area contributed by atoms with Crippen molar-refractivity contribution in [2.24, 2.45) is 5.41 Å². The first kappa shape index (κ1) is 13.5. The lowest BCUT2D eigenvalue weighted by atomic mass is 9.71. The van der Waals surface area contributed by atoms with Crippen LogP contribution in [0.4, 0.5) is 0 Å². The summed E-state index contributed by atoms with van der Waals surface area (Å²) in [5, 5.41) is 13.1. The fourth-order valence-corrected chi connectivity index (χ4v) is 2.15. The van der Waals surface area contributed by atoms with Crippen LogP contribution in [-0.4, -0.2) is 23.2 Å². The Hall–Kier alpha value is -0.570. The maximum Gasteiger partial charge on any atom is 0.220 e. The highest BCUT2D eigenvalue weighted by Crippen LogP contribution is 2.39. The Balaban J connectivity index is 2.34. The van der Waals surface area contributed by atoms with E-state index in [0.29, 0.717) is 18.4 Å². The average Bonchev–Trinajstić information content (AvgIpc) is 2.21. The van der Waals surface area contributed by atoms with Crippen molar-refractivity contribution >= 4 is 5.91 Å². The minimum atomic E-state index is -0.668. The van der Waals surface area contributed by atoms with Gasteiger partial charge in [0.25, 0.3) is 0 Å². The van der Waals surface area contributed by atoms with Gasteiger partial charge in [-0.3, -0.25) is 4.79 Å². The predicted molar refractivity (Wildman–Crippen MR) is 65.1 cm³/mol. The molecule has 0 unspecified atom stereocenters. The minimum absolute atomic E-state index is 0.0563. The molecule has 0 spiro atoms. The molecule has 3 heteroatoms. The maximum absolute atomic E-state index is 11.3. The first-order valence-corrected chi connectivity index (χ1v) is 6.36. The third-order valence-electron chi connectivity index (χ3n) is 3.63. The van der Waals surface area contributed by atoms with Crippen molar-refractivity contribution in [2.45, 2.75) is 64.9 Å². The summed E-state index contributed by atoms with van der Waals surface area (Å²) in [6, 6.07) is 0. The van der Waals surface area contributed by atoms with Crippen LogP contribution in [0, 0.1) is 5.41 Å². The Labute approximate surface area is 98.6 Å². The van der Waals surface area contributed by atoms with Gasteiger partial charge < -0.3 is 10.4 Å². The number of aliphatic hydroxyl groups is 1. The Morgan fingerprint density at radius 3 is 2.31 bits per heavy atom. The molecule has 0 aromatic rings. The standard InChI is InChI=1S/C13H25NO2/c1-4-5-11(15)14-10-13(16)8-6-12(2,3)7-9-13/h16H,4-10H2,1-3H3,(H,14,15). The van der Waals surface area contributed by atoms with E-state index in [0.717, 1.165) is 32.1 Å². The molecule has 94 valence electrons. The van der Waals surface area contributed by atoms with E-state index in [4.69, 9.17) is 0 Å². The normalized spacial score (nSPS) is 22.8. The van der Waals surface area contributed by atoms with Crippen LogP contribution < -0.4 is 5.32 Å². The van der Waals surface area contributed by atoms with Gasteiger partial charge in [-0.1, -0.05) is 20.8 Å². The van der Waals surface area contributed by atoms with Gasteiger partial charge in [-0.2, -0.15) is 0 Å². The number of carbonyl (C=O) groups excluding carboxylic acids is 1. The third-order valence-corrected chi connectivity index (χ3v) is 3.63. The Morgan fingerprint density at radius 2 is 1.81 bits per heavy atom. The van der Waals surface area contributed by atoms with Crippen molar-refractivity contribution < 1.29 is 9.90 Å². The molecular weight excluding hydrogens is 202 g/mol. The molecule has 0 heterocycles. The van der Waals surface area contributed by atoms with Crippen molar-refractivity contribution in [1.82, 2.24) is 5.32 Å². The van der Waals surface area contributed by atoms with Crippen LogP contribution >= 0.6 is 0 Å². The molecule has 0 aliphatic heterocycles. The summed E-state index contributed by atoms with van der Waals surface area (Å²) in [5.41, 5.74) is -0.321. The number of amides is 1. The first-order valence-electron chi connectivity index (χ1n) is 6.36. The maximum atomic E-state index is 11.3. The van der Waals surface area contributed by atoms with Crippen LogP contribution in [0.2, 0.25) is 0 Å². The molecule has 2 N–H and O–H groups in total. The molecule has 0 radical (unpaired) electrons. The van der Waals surface area contributed by atoms with E-state index in [1.165, 1.54) is 0 Å². The van der Waals surface area contributed by atoms with Crippen molar-refractivity contribution in [2.75, 3.05) is 6.54 Å². The molecule has 1 saturated carbocycles. The van der Waals surface area contributed by atoms with Crippen LogP contribution in [-0.2, 0) is 4.79 Å². The highest BCUT2D eigenvalue weighted by Gasteiger charge is 2.36. The highest BCUT2D eigenvalue weighted by molar-refractivity contribution is 5.75.